The van der Waals surface area contributed by atoms with Gasteiger partial charge in [0.25, 0.3) is 0 Å². The van der Waals surface area contributed by atoms with Crippen LogP contribution in [0, 0.1) is 0 Å². The van der Waals surface area contributed by atoms with Crippen molar-refractivity contribution in [2.45, 2.75) is 25.3 Å². The van der Waals surface area contributed by atoms with Crippen molar-refractivity contribution in [3.8, 4) is 0 Å². The van der Waals surface area contributed by atoms with Crippen LogP contribution < -0.4 is 5.73 Å². The smallest absolute Gasteiger partial charge is 0.180 e. The maximum atomic E-state index is 6.12. The van der Waals surface area contributed by atoms with Gasteiger partial charge in [0, 0.05) is 22.9 Å². The minimum Gasteiger partial charge on any atom is -0.375 e. The van der Waals surface area contributed by atoms with Crippen LogP contribution in [0.1, 0.15) is 30.4 Å². The predicted octanol–water partition coefficient (Wildman–Crippen LogP) is 3.65. The SMILES string of the molecule is Nc1nc(Cc2nc3ccc(Cl)cc3n2C2CC2)cs1. The van der Waals surface area contributed by atoms with Gasteiger partial charge in [-0.3, -0.25) is 0 Å². The Morgan fingerprint density at radius 2 is 2.20 bits per heavy atom. The first-order chi connectivity index (χ1) is 9.70. The number of rotatable bonds is 3. The Morgan fingerprint density at radius 1 is 1.35 bits per heavy atom. The highest BCUT2D eigenvalue weighted by atomic mass is 35.5. The molecule has 6 heteroatoms. The highest BCUT2D eigenvalue weighted by Crippen LogP contribution is 2.39. The maximum absolute atomic E-state index is 6.12. The molecule has 0 atom stereocenters. The van der Waals surface area contributed by atoms with E-state index in [-0.39, 0.29) is 0 Å². The van der Waals surface area contributed by atoms with E-state index in [0.717, 1.165) is 34.0 Å². The van der Waals surface area contributed by atoms with E-state index in [4.69, 9.17) is 22.3 Å². The number of aromatic nitrogens is 3. The first-order valence-electron chi connectivity index (χ1n) is 6.57. The number of hydrogen-bond donors (Lipinski definition) is 1. The van der Waals surface area contributed by atoms with Gasteiger partial charge in [0.1, 0.15) is 5.82 Å². The summed E-state index contributed by atoms with van der Waals surface area (Å²) in [5.41, 5.74) is 8.81. The molecule has 102 valence electrons. The molecule has 1 aromatic carbocycles. The fourth-order valence-electron chi connectivity index (χ4n) is 2.55. The predicted molar refractivity (Wildman–Crippen MR) is 82.3 cm³/mol. The Kier molecular flexibility index (Phi) is 2.72. The number of benzene rings is 1. The Balaban J connectivity index is 1.83. The number of nitrogen functional groups attached to an aromatic ring is 1. The van der Waals surface area contributed by atoms with Crippen LogP contribution >= 0.6 is 22.9 Å². The Labute approximate surface area is 125 Å². The van der Waals surface area contributed by atoms with Crippen molar-refractivity contribution in [2.24, 2.45) is 0 Å². The van der Waals surface area contributed by atoms with E-state index >= 15 is 0 Å². The molecular formula is C14H13ClN4S. The molecule has 3 aromatic rings. The average Bonchev–Trinajstić information content (AvgIpc) is 3.07. The fourth-order valence-corrected chi connectivity index (χ4v) is 3.28. The summed E-state index contributed by atoms with van der Waals surface area (Å²) in [5.74, 6) is 1.05. The molecule has 0 saturated heterocycles. The summed E-state index contributed by atoms with van der Waals surface area (Å²) in [6.07, 6.45) is 3.14. The number of hydrogen-bond acceptors (Lipinski definition) is 4. The maximum Gasteiger partial charge on any atom is 0.180 e. The number of nitrogens with zero attached hydrogens (tertiary/aromatic N) is 3. The van der Waals surface area contributed by atoms with Crippen LogP contribution in [-0.2, 0) is 6.42 Å². The summed E-state index contributed by atoms with van der Waals surface area (Å²) < 4.78 is 2.32. The van der Waals surface area contributed by atoms with Crippen LogP contribution in [-0.4, -0.2) is 14.5 Å². The number of fused-ring (bicyclic) bond motifs is 1. The lowest BCUT2D eigenvalue weighted by Crippen LogP contribution is -2.03. The van der Waals surface area contributed by atoms with Crippen molar-refractivity contribution in [3.05, 3.63) is 40.1 Å². The lowest BCUT2D eigenvalue weighted by Gasteiger charge is -2.06. The molecule has 1 saturated carbocycles. The van der Waals surface area contributed by atoms with Crippen LogP contribution in [0.4, 0.5) is 5.13 Å². The van der Waals surface area contributed by atoms with Crippen molar-refractivity contribution in [1.29, 1.82) is 0 Å². The highest BCUT2D eigenvalue weighted by Gasteiger charge is 2.28. The molecule has 4 rings (SSSR count). The molecule has 2 heterocycles. The van der Waals surface area contributed by atoms with Crippen LogP contribution in [0.2, 0.25) is 5.02 Å². The second kappa shape index (κ2) is 4.46. The van der Waals surface area contributed by atoms with Crippen LogP contribution in [0.15, 0.2) is 23.6 Å². The lowest BCUT2D eigenvalue weighted by atomic mass is 10.3. The topological polar surface area (TPSA) is 56.7 Å². The van der Waals surface area contributed by atoms with Gasteiger partial charge in [-0.15, -0.1) is 11.3 Å². The minimum absolute atomic E-state index is 0.560. The summed E-state index contributed by atoms with van der Waals surface area (Å²) in [7, 11) is 0. The molecule has 2 aromatic heterocycles. The van der Waals surface area contributed by atoms with Crippen LogP contribution in [0.5, 0.6) is 0 Å². The molecule has 20 heavy (non-hydrogen) atoms. The quantitative estimate of drug-likeness (QED) is 0.803. The van der Waals surface area contributed by atoms with Crippen molar-refractivity contribution in [1.82, 2.24) is 14.5 Å². The highest BCUT2D eigenvalue weighted by molar-refractivity contribution is 7.13. The van der Waals surface area contributed by atoms with E-state index in [1.54, 1.807) is 0 Å². The third-order valence-corrected chi connectivity index (χ3v) is 4.50. The van der Waals surface area contributed by atoms with Gasteiger partial charge in [-0.25, -0.2) is 9.97 Å². The molecule has 1 aliphatic carbocycles. The van der Waals surface area contributed by atoms with Gasteiger partial charge in [0.2, 0.25) is 0 Å². The molecule has 0 radical (unpaired) electrons. The zero-order chi connectivity index (χ0) is 13.7. The molecule has 0 amide bonds. The van der Waals surface area contributed by atoms with Gasteiger partial charge < -0.3 is 10.3 Å². The third kappa shape index (κ3) is 2.07. The van der Waals surface area contributed by atoms with Gasteiger partial charge >= 0.3 is 0 Å². The second-order valence-electron chi connectivity index (χ2n) is 5.12. The van der Waals surface area contributed by atoms with Gasteiger partial charge in [0.15, 0.2) is 5.13 Å². The summed E-state index contributed by atoms with van der Waals surface area (Å²) in [5, 5.41) is 3.36. The Hall–Kier alpha value is -1.59. The monoisotopic (exact) mass is 304 g/mol. The second-order valence-corrected chi connectivity index (χ2v) is 6.44. The van der Waals surface area contributed by atoms with Gasteiger partial charge in [-0.1, -0.05) is 11.6 Å². The van der Waals surface area contributed by atoms with Gasteiger partial charge in [-0.05, 0) is 31.0 Å². The van der Waals surface area contributed by atoms with E-state index in [1.807, 2.05) is 23.6 Å². The van der Waals surface area contributed by atoms with Gasteiger partial charge in [-0.2, -0.15) is 0 Å². The first kappa shape index (κ1) is 12.2. The lowest BCUT2D eigenvalue weighted by molar-refractivity contribution is 0.713. The fraction of sp³-hybridized carbons (Fsp3) is 0.286. The van der Waals surface area contributed by atoms with Gasteiger partial charge in [0.05, 0.1) is 16.7 Å². The molecular weight excluding hydrogens is 292 g/mol. The minimum atomic E-state index is 0.560. The average molecular weight is 305 g/mol. The molecule has 4 nitrogen and oxygen atoms in total. The van der Waals surface area contributed by atoms with Crippen molar-refractivity contribution in [2.75, 3.05) is 5.73 Å². The van der Waals surface area contributed by atoms with E-state index < -0.39 is 0 Å². The third-order valence-electron chi connectivity index (χ3n) is 3.55. The number of anilines is 1. The normalized spacial score (nSPS) is 15.1. The summed E-state index contributed by atoms with van der Waals surface area (Å²) >= 11 is 7.59. The van der Waals surface area contributed by atoms with E-state index in [0.29, 0.717) is 11.2 Å². The number of thiazole rings is 1. The zero-order valence-corrected chi connectivity index (χ0v) is 12.3. The largest absolute Gasteiger partial charge is 0.375 e. The Bertz CT molecular complexity index is 788. The van der Waals surface area contributed by atoms with Crippen molar-refractivity contribution in [3.63, 3.8) is 0 Å². The summed E-state index contributed by atoms with van der Waals surface area (Å²) in [6.45, 7) is 0. The van der Waals surface area contributed by atoms with Crippen LogP contribution in [0.25, 0.3) is 11.0 Å². The summed E-state index contributed by atoms with van der Waals surface area (Å²) in [4.78, 5) is 9.08. The Morgan fingerprint density at radius 3 is 2.90 bits per heavy atom. The zero-order valence-electron chi connectivity index (χ0n) is 10.7. The van der Waals surface area contributed by atoms with E-state index in [1.165, 1.54) is 24.2 Å². The molecule has 0 unspecified atom stereocenters. The van der Waals surface area contributed by atoms with Crippen molar-refractivity contribution < 1.29 is 0 Å². The molecule has 0 aliphatic heterocycles. The number of nitrogens with two attached hydrogens (primary N) is 1. The molecule has 2 N–H and O–H groups in total. The van der Waals surface area contributed by atoms with Crippen molar-refractivity contribution >= 4 is 39.1 Å². The number of imidazole rings is 1. The molecule has 0 bridgehead atoms. The standard InChI is InChI=1S/C14H13ClN4S/c15-8-1-4-11-12(5-8)19(10-2-3-10)13(18-11)6-9-7-20-14(16)17-9/h1,4-5,7,10H,2-3,6H2,(H2,16,17). The molecule has 0 spiro atoms. The number of halogens is 1. The molecule has 1 fully saturated rings. The van der Waals surface area contributed by atoms with E-state index in [2.05, 4.69) is 9.55 Å². The van der Waals surface area contributed by atoms with Crippen LogP contribution in [0.3, 0.4) is 0 Å². The first-order valence-corrected chi connectivity index (χ1v) is 7.83. The molecule has 1 aliphatic rings. The van der Waals surface area contributed by atoms with E-state index in [9.17, 15) is 0 Å². The summed E-state index contributed by atoms with van der Waals surface area (Å²) in [6, 6.07) is 6.43.